The lowest BCUT2D eigenvalue weighted by Crippen LogP contribution is -2.42. The first-order chi connectivity index (χ1) is 11.2. The van der Waals surface area contributed by atoms with E-state index in [0.717, 1.165) is 10.9 Å². The number of hydrogen-bond acceptors (Lipinski definition) is 3. The van der Waals surface area contributed by atoms with Gasteiger partial charge in [0.1, 0.15) is 6.04 Å². The normalized spacial score (nSPS) is 13.0. The zero-order valence-electron chi connectivity index (χ0n) is 14.5. The number of aromatic nitrogens is 1. The predicted molar refractivity (Wildman–Crippen MR) is 92.1 cm³/mol. The summed E-state index contributed by atoms with van der Waals surface area (Å²) >= 11 is 0. The van der Waals surface area contributed by atoms with Gasteiger partial charge in [0.25, 0.3) is 5.91 Å². The summed E-state index contributed by atoms with van der Waals surface area (Å²) in [5.74, 6) is -1.46. The molecule has 0 saturated heterocycles. The van der Waals surface area contributed by atoms with Gasteiger partial charge in [0, 0.05) is 37.2 Å². The van der Waals surface area contributed by atoms with Crippen LogP contribution < -0.4 is 5.32 Å². The molecule has 0 aliphatic heterocycles. The molecular formula is C18H24N2O4. The Kier molecular flexibility index (Phi) is 5.29. The molecule has 6 heteroatoms. The number of carboxylic acid groups (broad SMARTS) is 1. The molecule has 0 aliphatic carbocycles. The molecule has 0 fully saturated rings. The SMILES string of the molecule is Cn1cc(C(=O)NC(CCOC(C)(C)C)C(=O)O)c2ccccc21. The number of amides is 1. The fourth-order valence-electron chi connectivity index (χ4n) is 2.50. The van der Waals surface area contributed by atoms with Gasteiger partial charge in [-0.1, -0.05) is 18.2 Å². The number of carboxylic acids is 1. The van der Waals surface area contributed by atoms with E-state index < -0.39 is 17.9 Å². The summed E-state index contributed by atoms with van der Waals surface area (Å²) in [6.07, 6.45) is 1.92. The highest BCUT2D eigenvalue weighted by molar-refractivity contribution is 6.07. The number of aryl methyl sites for hydroxylation is 1. The molecule has 6 nitrogen and oxygen atoms in total. The second-order valence-corrected chi connectivity index (χ2v) is 6.78. The number of ether oxygens (including phenoxy) is 1. The summed E-state index contributed by atoms with van der Waals surface area (Å²) in [4.78, 5) is 23.9. The molecule has 0 radical (unpaired) electrons. The van der Waals surface area contributed by atoms with Crippen LogP contribution in [0.4, 0.5) is 0 Å². The molecule has 1 unspecified atom stereocenters. The van der Waals surface area contributed by atoms with Gasteiger partial charge in [-0.05, 0) is 26.8 Å². The Hall–Kier alpha value is -2.34. The summed E-state index contributed by atoms with van der Waals surface area (Å²) in [6, 6.07) is 6.53. The predicted octanol–water partition coefficient (Wildman–Crippen LogP) is 2.57. The van der Waals surface area contributed by atoms with Crippen molar-refractivity contribution in [2.75, 3.05) is 6.61 Å². The Bertz CT molecular complexity index is 743. The molecule has 24 heavy (non-hydrogen) atoms. The van der Waals surface area contributed by atoms with Crippen molar-refractivity contribution in [2.24, 2.45) is 7.05 Å². The van der Waals surface area contributed by atoms with Gasteiger partial charge in [-0.15, -0.1) is 0 Å². The highest BCUT2D eigenvalue weighted by Crippen LogP contribution is 2.20. The second-order valence-electron chi connectivity index (χ2n) is 6.78. The largest absolute Gasteiger partial charge is 0.480 e. The fourth-order valence-corrected chi connectivity index (χ4v) is 2.50. The number of carbonyl (C=O) groups excluding carboxylic acids is 1. The first-order valence-corrected chi connectivity index (χ1v) is 7.91. The third kappa shape index (κ3) is 4.35. The van der Waals surface area contributed by atoms with Crippen LogP contribution in [0.2, 0.25) is 0 Å². The van der Waals surface area contributed by atoms with Crippen LogP contribution in [0.3, 0.4) is 0 Å². The molecule has 1 heterocycles. The van der Waals surface area contributed by atoms with E-state index in [2.05, 4.69) is 5.32 Å². The maximum atomic E-state index is 12.5. The molecule has 0 spiro atoms. The Balaban J connectivity index is 2.11. The molecule has 1 aromatic heterocycles. The van der Waals surface area contributed by atoms with Gasteiger partial charge in [0.05, 0.1) is 11.2 Å². The number of nitrogens with one attached hydrogen (secondary N) is 1. The van der Waals surface area contributed by atoms with E-state index in [1.54, 1.807) is 6.20 Å². The van der Waals surface area contributed by atoms with Crippen molar-refractivity contribution in [3.63, 3.8) is 0 Å². The van der Waals surface area contributed by atoms with E-state index in [1.807, 2.05) is 56.7 Å². The van der Waals surface area contributed by atoms with Crippen molar-refractivity contribution in [1.82, 2.24) is 9.88 Å². The van der Waals surface area contributed by atoms with Crippen LogP contribution in [0.5, 0.6) is 0 Å². The molecule has 2 aromatic rings. The summed E-state index contributed by atoms with van der Waals surface area (Å²) in [5.41, 5.74) is 1.05. The number of nitrogens with zero attached hydrogens (tertiary/aromatic N) is 1. The van der Waals surface area contributed by atoms with Crippen molar-refractivity contribution < 1.29 is 19.4 Å². The minimum atomic E-state index is -1.07. The van der Waals surface area contributed by atoms with Crippen LogP contribution in [-0.4, -0.2) is 39.8 Å². The van der Waals surface area contributed by atoms with Crippen molar-refractivity contribution in [1.29, 1.82) is 0 Å². The van der Waals surface area contributed by atoms with Crippen LogP contribution >= 0.6 is 0 Å². The third-order valence-electron chi connectivity index (χ3n) is 3.69. The zero-order valence-corrected chi connectivity index (χ0v) is 14.5. The zero-order chi connectivity index (χ0) is 17.9. The Morgan fingerprint density at radius 2 is 1.96 bits per heavy atom. The first-order valence-electron chi connectivity index (χ1n) is 7.91. The van der Waals surface area contributed by atoms with Gasteiger partial charge >= 0.3 is 5.97 Å². The first kappa shape index (κ1) is 18.0. The highest BCUT2D eigenvalue weighted by atomic mass is 16.5. The minimum Gasteiger partial charge on any atom is -0.480 e. The number of carbonyl (C=O) groups is 2. The Morgan fingerprint density at radius 3 is 2.58 bits per heavy atom. The third-order valence-corrected chi connectivity index (χ3v) is 3.69. The average Bonchev–Trinajstić information content (AvgIpc) is 2.82. The maximum Gasteiger partial charge on any atom is 0.326 e. The van der Waals surface area contributed by atoms with Crippen molar-refractivity contribution >= 4 is 22.8 Å². The van der Waals surface area contributed by atoms with E-state index in [0.29, 0.717) is 5.56 Å². The van der Waals surface area contributed by atoms with Crippen LogP contribution in [0.1, 0.15) is 37.6 Å². The van der Waals surface area contributed by atoms with Crippen LogP contribution in [-0.2, 0) is 16.6 Å². The molecule has 2 rings (SSSR count). The summed E-state index contributed by atoms with van der Waals surface area (Å²) < 4.78 is 7.40. The summed E-state index contributed by atoms with van der Waals surface area (Å²) in [6.45, 7) is 5.96. The van der Waals surface area contributed by atoms with E-state index in [9.17, 15) is 14.7 Å². The number of para-hydroxylation sites is 1. The molecule has 0 bridgehead atoms. The minimum absolute atomic E-state index is 0.211. The number of fused-ring (bicyclic) bond motifs is 1. The van der Waals surface area contributed by atoms with Crippen LogP contribution in [0.25, 0.3) is 10.9 Å². The molecular weight excluding hydrogens is 308 g/mol. The molecule has 1 atom stereocenters. The lowest BCUT2D eigenvalue weighted by Gasteiger charge is -2.21. The lowest BCUT2D eigenvalue weighted by atomic mass is 10.1. The number of benzene rings is 1. The molecule has 130 valence electrons. The van der Waals surface area contributed by atoms with Crippen LogP contribution in [0.15, 0.2) is 30.5 Å². The lowest BCUT2D eigenvalue weighted by molar-refractivity contribution is -0.140. The van der Waals surface area contributed by atoms with Gasteiger partial charge in [0.15, 0.2) is 0 Å². The standard InChI is InChI=1S/C18H24N2O4/c1-18(2,3)24-10-9-14(17(22)23)19-16(21)13-11-20(4)15-8-6-5-7-12(13)15/h5-8,11,14H,9-10H2,1-4H3,(H,19,21)(H,22,23). The van der Waals surface area contributed by atoms with Gasteiger partial charge in [-0.3, -0.25) is 4.79 Å². The highest BCUT2D eigenvalue weighted by Gasteiger charge is 2.23. The van der Waals surface area contributed by atoms with E-state index in [1.165, 1.54) is 0 Å². The van der Waals surface area contributed by atoms with Gasteiger partial charge < -0.3 is 19.7 Å². The van der Waals surface area contributed by atoms with Gasteiger partial charge in [-0.25, -0.2) is 4.79 Å². The number of hydrogen-bond donors (Lipinski definition) is 2. The van der Waals surface area contributed by atoms with Crippen molar-refractivity contribution in [3.05, 3.63) is 36.0 Å². The molecule has 1 aromatic carbocycles. The molecule has 0 saturated carbocycles. The van der Waals surface area contributed by atoms with E-state index in [4.69, 9.17) is 4.74 Å². The monoisotopic (exact) mass is 332 g/mol. The Morgan fingerprint density at radius 1 is 1.29 bits per heavy atom. The fraction of sp³-hybridized carbons (Fsp3) is 0.444. The molecule has 1 amide bonds. The maximum absolute atomic E-state index is 12.5. The quantitative estimate of drug-likeness (QED) is 0.852. The van der Waals surface area contributed by atoms with E-state index in [-0.39, 0.29) is 18.6 Å². The van der Waals surface area contributed by atoms with Crippen molar-refractivity contribution in [3.8, 4) is 0 Å². The van der Waals surface area contributed by atoms with Crippen molar-refractivity contribution in [2.45, 2.75) is 38.8 Å². The topological polar surface area (TPSA) is 80.6 Å². The summed E-state index contributed by atoms with van der Waals surface area (Å²) in [5, 5.41) is 12.7. The van der Waals surface area contributed by atoms with Gasteiger partial charge in [-0.2, -0.15) is 0 Å². The molecule has 2 N–H and O–H groups in total. The van der Waals surface area contributed by atoms with Crippen LogP contribution in [0, 0.1) is 0 Å². The number of rotatable bonds is 6. The average molecular weight is 332 g/mol. The van der Waals surface area contributed by atoms with E-state index >= 15 is 0 Å². The molecule has 0 aliphatic rings. The second kappa shape index (κ2) is 7.05. The van der Waals surface area contributed by atoms with Gasteiger partial charge in [0.2, 0.25) is 0 Å². The number of aliphatic carboxylic acids is 1. The Labute approximate surface area is 141 Å². The smallest absolute Gasteiger partial charge is 0.326 e. The summed E-state index contributed by atoms with van der Waals surface area (Å²) in [7, 11) is 1.85.